The maximum absolute atomic E-state index is 10.9. The summed E-state index contributed by atoms with van der Waals surface area (Å²) in [5.74, 6) is -0.543. The van der Waals surface area contributed by atoms with E-state index in [0.29, 0.717) is 0 Å². The predicted octanol–water partition coefficient (Wildman–Crippen LogP) is -1.07. The van der Waals surface area contributed by atoms with Gasteiger partial charge in [-0.05, 0) is 0 Å². The van der Waals surface area contributed by atoms with Gasteiger partial charge >= 0.3 is 5.97 Å². The highest BCUT2D eigenvalue weighted by molar-refractivity contribution is 5.76. The van der Waals surface area contributed by atoms with Crippen LogP contribution in [0.2, 0.25) is 0 Å². The Bertz CT molecular complexity index is 169. The van der Waals surface area contributed by atoms with Crippen LogP contribution in [-0.4, -0.2) is 50.2 Å². The van der Waals surface area contributed by atoms with Crippen LogP contribution < -0.4 is 0 Å². The molecule has 1 rings (SSSR count). The van der Waals surface area contributed by atoms with Crippen molar-refractivity contribution in [2.75, 3.05) is 20.8 Å². The molecule has 1 fully saturated rings. The minimum absolute atomic E-state index is 0.0797. The lowest BCUT2D eigenvalue weighted by Crippen LogP contribution is -2.52. The Balaban J connectivity index is 2.63. The van der Waals surface area contributed by atoms with Crippen LogP contribution in [0.3, 0.4) is 0 Å². The topological polar surface area (TPSA) is 65.0 Å². The van der Waals surface area contributed by atoms with Gasteiger partial charge in [0.05, 0.1) is 0 Å². The van der Waals surface area contributed by atoms with Gasteiger partial charge < -0.3 is 19.3 Å². The average Bonchev–Trinajstić information content (AvgIpc) is 2.06. The third-order valence-electron chi connectivity index (χ3n) is 1.87. The first-order valence-corrected chi connectivity index (χ1v) is 3.61. The number of hydrogen-bond donors (Lipinski definition) is 1. The highest BCUT2D eigenvalue weighted by atomic mass is 16.6. The molecular weight excluding hydrogens is 164 g/mol. The number of cyclic esters (lactones) is 1. The number of aliphatic hydroxyl groups excluding tert-OH is 1. The second kappa shape index (κ2) is 3.84. The smallest absolute Gasteiger partial charge is 0.338 e. The molecule has 1 heterocycles. The minimum atomic E-state index is -0.943. The monoisotopic (exact) mass is 176 g/mol. The van der Waals surface area contributed by atoms with Crippen molar-refractivity contribution in [3.8, 4) is 0 Å². The van der Waals surface area contributed by atoms with Gasteiger partial charge in [-0.1, -0.05) is 0 Å². The van der Waals surface area contributed by atoms with Crippen molar-refractivity contribution < 1.29 is 24.1 Å². The van der Waals surface area contributed by atoms with E-state index in [-0.39, 0.29) is 6.61 Å². The van der Waals surface area contributed by atoms with E-state index in [1.54, 1.807) is 0 Å². The molecule has 70 valence electrons. The summed E-state index contributed by atoms with van der Waals surface area (Å²) in [6.07, 6.45) is -2.36. The summed E-state index contributed by atoms with van der Waals surface area (Å²) in [5.41, 5.74) is 0. The van der Waals surface area contributed by atoms with Gasteiger partial charge in [-0.25, -0.2) is 4.79 Å². The molecule has 1 aliphatic rings. The fourth-order valence-corrected chi connectivity index (χ4v) is 1.12. The summed E-state index contributed by atoms with van der Waals surface area (Å²) < 4.78 is 14.3. The van der Waals surface area contributed by atoms with Crippen LogP contribution in [0.25, 0.3) is 0 Å². The molecule has 0 spiro atoms. The molecule has 0 aromatic carbocycles. The number of methoxy groups -OCH3 is 2. The Morgan fingerprint density at radius 2 is 2.17 bits per heavy atom. The molecule has 1 N–H and O–H groups in total. The van der Waals surface area contributed by atoms with E-state index >= 15 is 0 Å². The van der Waals surface area contributed by atoms with E-state index in [1.165, 1.54) is 14.2 Å². The van der Waals surface area contributed by atoms with Crippen molar-refractivity contribution in [1.29, 1.82) is 0 Å². The van der Waals surface area contributed by atoms with E-state index in [9.17, 15) is 9.90 Å². The molecule has 0 unspecified atom stereocenters. The second-order valence-corrected chi connectivity index (χ2v) is 2.55. The van der Waals surface area contributed by atoms with Crippen molar-refractivity contribution in [3.05, 3.63) is 0 Å². The molecule has 0 aliphatic carbocycles. The van der Waals surface area contributed by atoms with Gasteiger partial charge in [0, 0.05) is 14.2 Å². The van der Waals surface area contributed by atoms with E-state index in [2.05, 4.69) is 0 Å². The minimum Gasteiger partial charge on any atom is -0.461 e. The third kappa shape index (κ3) is 1.57. The Morgan fingerprint density at radius 3 is 2.67 bits per heavy atom. The zero-order chi connectivity index (χ0) is 9.14. The molecule has 0 radical (unpaired) electrons. The first kappa shape index (κ1) is 9.44. The number of rotatable bonds is 2. The molecule has 12 heavy (non-hydrogen) atoms. The van der Waals surface area contributed by atoms with Gasteiger partial charge in [0.25, 0.3) is 0 Å². The molecule has 0 aromatic rings. The molecule has 0 aromatic heterocycles. The molecular formula is C7H12O5. The molecule has 1 saturated heterocycles. The lowest BCUT2D eigenvalue weighted by molar-refractivity contribution is -0.193. The standard InChI is InChI=1S/C7H12O5/c1-10-4-3-12-7(9)6(11-2)5(4)8/h4-6,8H,3H2,1-2H3/t4-,5-,6+/m0/s1. The first-order chi connectivity index (χ1) is 5.70. The maximum Gasteiger partial charge on any atom is 0.338 e. The lowest BCUT2D eigenvalue weighted by Gasteiger charge is -2.31. The molecule has 0 bridgehead atoms. The Hall–Kier alpha value is -0.650. The van der Waals surface area contributed by atoms with E-state index < -0.39 is 24.3 Å². The van der Waals surface area contributed by atoms with Gasteiger partial charge in [0.2, 0.25) is 0 Å². The lowest BCUT2D eigenvalue weighted by atomic mass is 10.1. The van der Waals surface area contributed by atoms with E-state index in [4.69, 9.17) is 14.2 Å². The summed E-state index contributed by atoms with van der Waals surface area (Å²) >= 11 is 0. The Kier molecular flexibility index (Phi) is 3.02. The number of aliphatic hydroxyl groups is 1. The summed E-state index contributed by atoms with van der Waals surface area (Å²) in [6, 6.07) is 0. The van der Waals surface area contributed by atoms with Crippen LogP contribution in [0.4, 0.5) is 0 Å². The van der Waals surface area contributed by atoms with Gasteiger partial charge in [0.1, 0.15) is 18.8 Å². The van der Waals surface area contributed by atoms with Crippen molar-refractivity contribution in [3.63, 3.8) is 0 Å². The summed E-state index contributed by atoms with van der Waals surface area (Å²) in [6.45, 7) is 0.0797. The van der Waals surface area contributed by atoms with Gasteiger partial charge in [-0.15, -0.1) is 0 Å². The number of hydrogen-bond acceptors (Lipinski definition) is 5. The quantitative estimate of drug-likeness (QED) is 0.543. The van der Waals surface area contributed by atoms with Crippen molar-refractivity contribution in [2.24, 2.45) is 0 Å². The molecule has 1 aliphatic heterocycles. The fraction of sp³-hybridized carbons (Fsp3) is 0.857. The Morgan fingerprint density at radius 1 is 1.50 bits per heavy atom. The van der Waals surface area contributed by atoms with Gasteiger partial charge in [0.15, 0.2) is 6.10 Å². The van der Waals surface area contributed by atoms with Crippen LogP contribution in [0.5, 0.6) is 0 Å². The third-order valence-corrected chi connectivity index (χ3v) is 1.87. The van der Waals surface area contributed by atoms with Crippen LogP contribution >= 0.6 is 0 Å². The molecule has 0 amide bonds. The second-order valence-electron chi connectivity index (χ2n) is 2.55. The molecule has 0 saturated carbocycles. The number of esters is 1. The largest absolute Gasteiger partial charge is 0.461 e. The van der Waals surface area contributed by atoms with Crippen LogP contribution in [-0.2, 0) is 19.0 Å². The van der Waals surface area contributed by atoms with Gasteiger partial charge in [-0.3, -0.25) is 0 Å². The summed E-state index contributed by atoms with van der Waals surface area (Å²) in [5, 5.41) is 9.45. The normalized spacial score (nSPS) is 36.2. The fourth-order valence-electron chi connectivity index (χ4n) is 1.12. The van der Waals surface area contributed by atoms with Gasteiger partial charge in [-0.2, -0.15) is 0 Å². The SMILES string of the molecule is CO[C@H]1COC(=O)[C@H](OC)[C@H]1O. The molecule has 5 nitrogen and oxygen atoms in total. The van der Waals surface area contributed by atoms with Crippen LogP contribution in [0.1, 0.15) is 0 Å². The number of carbonyl (C=O) groups excluding carboxylic acids is 1. The number of ether oxygens (including phenoxy) is 3. The zero-order valence-corrected chi connectivity index (χ0v) is 7.02. The van der Waals surface area contributed by atoms with Crippen molar-refractivity contribution >= 4 is 5.97 Å². The average molecular weight is 176 g/mol. The Labute approximate surface area is 70.2 Å². The first-order valence-electron chi connectivity index (χ1n) is 3.61. The number of carbonyl (C=O) groups is 1. The van der Waals surface area contributed by atoms with Crippen molar-refractivity contribution in [2.45, 2.75) is 18.3 Å². The predicted molar refractivity (Wildman–Crippen MR) is 38.6 cm³/mol. The summed E-state index contributed by atoms with van der Waals surface area (Å²) in [4.78, 5) is 10.9. The van der Waals surface area contributed by atoms with Crippen LogP contribution in [0, 0.1) is 0 Å². The molecule has 3 atom stereocenters. The zero-order valence-electron chi connectivity index (χ0n) is 7.02. The highest BCUT2D eigenvalue weighted by Gasteiger charge is 2.39. The van der Waals surface area contributed by atoms with Crippen LogP contribution in [0.15, 0.2) is 0 Å². The highest BCUT2D eigenvalue weighted by Crippen LogP contribution is 2.14. The maximum atomic E-state index is 10.9. The summed E-state index contributed by atoms with van der Waals surface area (Å²) in [7, 11) is 2.78. The van der Waals surface area contributed by atoms with E-state index in [0.717, 1.165) is 0 Å². The van der Waals surface area contributed by atoms with Crippen molar-refractivity contribution in [1.82, 2.24) is 0 Å². The van der Waals surface area contributed by atoms with E-state index in [1.807, 2.05) is 0 Å². The molecule has 5 heteroatoms.